The summed E-state index contributed by atoms with van der Waals surface area (Å²) in [5, 5.41) is 11.7. The molecule has 11 heteroatoms. The van der Waals surface area contributed by atoms with Crippen LogP contribution < -0.4 is 5.73 Å². The lowest BCUT2D eigenvalue weighted by Gasteiger charge is -2.47. The first-order chi connectivity index (χ1) is 12.4. The third-order valence-corrected chi connectivity index (χ3v) is 6.05. The minimum atomic E-state index is -1.23. The van der Waals surface area contributed by atoms with Crippen molar-refractivity contribution in [3.63, 3.8) is 0 Å². The minimum Gasteiger partial charge on any atom is -0.477 e. The van der Waals surface area contributed by atoms with Gasteiger partial charge in [0.2, 0.25) is 5.91 Å². The van der Waals surface area contributed by atoms with Gasteiger partial charge in [-0.25, -0.2) is 19.6 Å². The molecular weight excluding hydrogens is 364 g/mol. The Morgan fingerprint density at radius 1 is 1.27 bits per heavy atom. The number of carbonyl (C=O) groups excluding carboxylic acids is 3. The van der Waals surface area contributed by atoms with Crippen LogP contribution >= 0.6 is 11.8 Å². The third-order valence-electron chi connectivity index (χ3n) is 4.72. The number of hydrogen-bond acceptors (Lipinski definition) is 7. The molecule has 3 saturated heterocycles. The number of aliphatic carboxylic acids is 1. The molecule has 0 aromatic heterocycles. The molecule has 0 spiro atoms. The van der Waals surface area contributed by atoms with Gasteiger partial charge < -0.3 is 15.6 Å². The van der Waals surface area contributed by atoms with Gasteiger partial charge in [0.05, 0.1) is 6.54 Å². The number of fused-ring (bicyclic) bond motifs is 1. The Bertz CT molecular complexity index is 793. The van der Waals surface area contributed by atoms with E-state index in [0.717, 1.165) is 0 Å². The van der Waals surface area contributed by atoms with Crippen LogP contribution in [0.5, 0.6) is 0 Å². The van der Waals surface area contributed by atoms with Crippen molar-refractivity contribution >= 4 is 35.6 Å². The van der Waals surface area contributed by atoms with E-state index in [1.165, 1.54) is 32.8 Å². The van der Waals surface area contributed by atoms with Crippen molar-refractivity contribution in [2.45, 2.75) is 17.8 Å². The standard InChI is InChI=1S/C15H16N4O6S/c16-9-12(21)19-10(14(22)23)8(6-26-13(9)19)5-7-1-2-17(11(7)20)18-3-4-25-15(18)24/h5,9,13H,1-4,6,16H2,(H,22,23)/b7-5+/t9-,13-/m1/s1. The second-order valence-corrected chi connectivity index (χ2v) is 7.30. The summed E-state index contributed by atoms with van der Waals surface area (Å²) in [7, 11) is 0. The van der Waals surface area contributed by atoms with Crippen molar-refractivity contribution in [2.75, 3.05) is 25.4 Å². The fourth-order valence-corrected chi connectivity index (χ4v) is 4.68. The minimum absolute atomic E-state index is 0.125. The van der Waals surface area contributed by atoms with Crippen LogP contribution in [0.15, 0.2) is 22.9 Å². The van der Waals surface area contributed by atoms with Crippen LogP contribution in [-0.4, -0.2) is 80.8 Å². The molecule has 10 nitrogen and oxygen atoms in total. The number of hydrazine groups is 1. The molecule has 0 radical (unpaired) electrons. The Labute approximate surface area is 152 Å². The highest BCUT2D eigenvalue weighted by atomic mass is 32.2. The molecule has 0 saturated carbocycles. The maximum Gasteiger partial charge on any atom is 0.429 e. The quantitative estimate of drug-likeness (QED) is 0.475. The Morgan fingerprint density at radius 3 is 2.69 bits per heavy atom. The molecule has 4 aliphatic rings. The topological polar surface area (TPSA) is 133 Å². The smallest absolute Gasteiger partial charge is 0.429 e. The second-order valence-electron chi connectivity index (χ2n) is 6.20. The Hall–Kier alpha value is -2.53. The first-order valence-corrected chi connectivity index (χ1v) is 9.08. The molecule has 4 heterocycles. The molecule has 3 amide bonds. The summed E-state index contributed by atoms with van der Waals surface area (Å²) in [5.41, 5.74) is 6.39. The molecule has 2 atom stereocenters. The number of β-lactam (4-membered cyclic amide) rings is 1. The zero-order chi connectivity index (χ0) is 18.6. The highest BCUT2D eigenvalue weighted by Crippen LogP contribution is 2.40. The van der Waals surface area contributed by atoms with Crippen molar-refractivity contribution < 1.29 is 29.0 Å². The summed E-state index contributed by atoms with van der Waals surface area (Å²) < 4.78 is 4.84. The number of cyclic esters (lactones) is 1. The second kappa shape index (κ2) is 6.02. The van der Waals surface area contributed by atoms with E-state index >= 15 is 0 Å². The van der Waals surface area contributed by atoms with Crippen molar-refractivity contribution in [1.29, 1.82) is 0 Å². The van der Waals surface area contributed by atoms with E-state index in [1.54, 1.807) is 0 Å². The van der Waals surface area contributed by atoms with E-state index in [1.807, 2.05) is 0 Å². The van der Waals surface area contributed by atoms with E-state index in [9.17, 15) is 24.3 Å². The molecular formula is C15H16N4O6S. The van der Waals surface area contributed by atoms with Crippen LogP contribution in [0.25, 0.3) is 0 Å². The molecule has 0 aromatic carbocycles. The van der Waals surface area contributed by atoms with Gasteiger partial charge in [-0.15, -0.1) is 11.8 Å². The molecule has 4 rings (SSSR count). The van der Waals surface area contributed by atoms with Crippen LogP contribution in [0, 0.1) is 0 Å². The van der Waals surface area contributed by atoms with Crippen molar-refractivity contribution in [3.8, 4) is 0 Å². The van der Waals surface area contributed by atoms with E-state index in [4.69, 9.17) is 10.5 Å². The first kappa shape index (κ1) is 16.9. The normalized spacial score (nSPS) is 30.1. The molecule has 0 unspecified atom stereocenters. The molecule has 0 aliphatic carbocycles. The summed E-state index contributed by atoms with van der Waals surface area (Å²) in [4.78, 5) is 49.1. The number of carbonyl (C=O) groups is 4. The van der Waals surface area contributed by atoms with Crippen LogP contribution in [0.4, 0.5) is 4.79 Å². The zero-order valence-electron chi connectivity index (χ0n) is 13.6. The Kier molecular flexibility index (Phi) is 3.92. The predicted molar refractivity (Wildman–Crippen MR) is 88.2 cm³/mol. The summed E-state index contributed by atoms with van der Waals surface area (Å²) in [6.07, 6.45) is 1.33. The highest BCUT2D eigenvalue weighted by molar-refractivity contribution is 8.00. The van der Waals surface area contributed by atoms with Crippen LogP contribution in [0.2, 0.25) is 0 Å². The largest absolute Gasteiger partial charge is 0.477 e. The maximum atomic E-state index is 12.6. The highest BCUT2D eigenvalue weighted by Gasteiger charge is 2.51. The summed E-state index contributed by atoms with van der Waals surface area (Å²) >= 11 is 1.37. The Balaban J connectivity index is 1.62. The van der Waals surface area contributed by atoms with Gasteiger partial charge in [-0.2, -0.15) is 0 Å². The number of allylic oxidation sites excluding steroid dienone is 1. The van der Waals surface area contributed by atoms with Crippen LogP contribution in [-0.2, 0) is 19.1 Å². The maximum absolute atomic E-state index is 12.6. The molecule has 3 N–H and O–H groups in total. The van der Waals surface area contributed by atoms with Crippen molar-refractivity contribution in [1.82, 2.24) is 14.9 Å². The van der Waals surface area contributed by atoms with Gasteiger partial charge in [-0.1, -0.05) is 0 Å². The number of amides is 3. The predicted octanol–water partition coefficient (Wildman–Crippen LogP) is -0.907. The van der Waals surface area contributed by atoms with E-state index in [-0.39, 0.29) is 23.6 Å². The van der Waals surface area contributed by atoms with Crippen LogP contribution in [0.1, 0.15) is 6.42 Å². The molecule has 26 heavy (non-hydrogen) atoms. The van der Waals surface area contributed by atoms with Gasteiger partial charge >= 0.3 is 12.1 Å². The van der Waals surface area contributed by atoms with Gasteiger partial charge in [0.15, 0.2) is 0 Å². The monoisotopic (exact) mass is 380 g/mol. The fourth-order valence-electron chi connectivity index (χ4n) is 3.43. The van der Waals surface area contributed by atoms with E-state index in [2.05, 4.69) is 0 Å². The van der Waals surface area contributed by atoms with Gasteiger partial charge in [-0.05, 0) is 18.1 Å². The van der Waals surface area contributed by atoms with Crippen molar-refractivity contribution in [2.24, 2.45) is 5.73 Å². The average Bonchev–Trinajstić information content (AvgIpc) is 3.19. The van der Waals surface area contributed by atoms with E-state index < -0.39 is 24.0 Å². The summed E-state index contributed by atoms with van der Waals surface area (Å²) in [6, 6.07) is -0.701. The van der Waals surface area contributed by atoms with Crippen molar-refractivity contribution in [3.05, 3.63) is 22.9 Å². The molecule has 3 fully saturated rings. The SMILES string of the molecule is N[C@@H]1C(=O)N2C(C(=O)O)=C(/C=C3\CCN(N4CCOC4=O)C3=O)CS[C@H]12. The fraction of sp³-hybridized carbons (Fsp3) is 0.467. The zero-order valence-corrected chi connectivity index (χ0v) is 14.4. The number of ether oxygens (including phenoxy) is 1. The average molecular weight is 380 g/mol. The number of thioether (sulfide) groups is 1. The third kappa shape index (κ3) is 2.38. The number of rotatable bonds is 3. The number of carboxylic acid groups (broad SMARTS) is 1. The lowest BCUT2D eigenvalue weighted by Crippen LogP contribution is -2.68. The molecule has 0 bridgehead atoms. The number of nitrogens with zero attached hydrogens (tertiary/aromatic N) is 3. The van der Waals surface area contributed by atoms with Gasteiger partial charge in [-0.3, -0.25) is 14.5 Å². The lowest BCUT2D eigenvalue weighted by molar-refractivity contribution is -0.147. The van der Waals surface area contributed by atoms with E-state index in [0.29, 0.717) is 36.4 Å². The summed E-state index contributed by atoms with van der Waals surface area (Å²) in [5.74, 6) is -1.69. The molecule has 138 valence electrons. The number of hydrogen-bond donors (Lipinski definition) is 2. The van der Waals surface area contributed by atoms with Crippen LogP contribution in [0.3, 0.4) is 0 Å². The summed E-state index contributed by atoms with van der Waals surface area (Å²) in [6.45, 7) is 0.850. The first-order valence-electron chi connectivity index (χ1n) is 8.03. The molecule has 0 aromatic rings. The van der Waals surface area contributed by atoms with Gasteiger partial charge in [0.25, 0.3) is 5.91 Å². The Morgan fingerprint density at radius 2 is 2.04 bits per heavy atom. The van der Waals surface area contributed by atoms with Gasteiger partial charge in [0, 0.05) is 17.9 Å². The molecule has 4 aliphatic heterocycles. The lowest BCUT2D eigenvalue weighted by atomic mass is 10.0. The number of carboxylic acids is 1. The van der Waals surface area contributed by atoms with Gasteiger partial charge in [0.1, 0.15) is 23.7 Å². The number of nitrogens with two attached hydrogens (primary N) is 1.